The first-order chi connectivity index (χ1) is 12.4. The molecular formula is C19H23F3IN3O. The van der Waals surface area contributed by atoms with Gasteiger partial charge in [-0.2, -0.15) is 0 Å². The number of rotatable bonds is 6. The van der Waals surface area contributed by atoms with Crippen molar-refractivity contribution in [2.24, 2.45) is 4.99 Å². The first-order valence-corrected chi connectivity index (χ1v) is 8.28. The van der Waals surface area contributed by atoms with Crippen molar-refractivity contribution in [2.45, 2.75) is 26.4 Å². The molecule has 2 aromatic rings. The first-order valence-electron chi connectivity index (χ1n) is 8.28. The van der Waals surface area contributed by atoms with Crippen molar-refractivity contribution in [1.82, 2.24) is 10.6 Å². The van der Waals surface area contributed by atoms with Crippen LogP contribution >= 0.6 is 24.0 Å². The zero-order chi connectivity index (χ0) is 19.1. The van der Waals surface area contributed by atoms with Crippen molar-refractivity contribution < 1.29 is 17.9 Å². The molecule has 0 radical (unpaired) electrons. The molecular weight excluding hydrogens is 470 g/mol. The Morgan fingerprint density at radius 2 is 1.81 bits per heavy atom. The number of benzene rings is 2. The minimum atomic E-state index is -0.899. The smallest absolute Gasteiger partial charge is 0.191 e. The van der Waals surface area contributed by atoms with Gasteiger partial charge in [-0.05, 0) is 49.2 Å². The molecule has 0 aromatic heterocycles. The highest BCUT2D eigenvalue weighted by Crippen LogP contribution is 2.18. The lowest BCUT2D eigenvalue weighted by Crippen LogP contribution is -2.38. The van der Waals surface area contributed by atoms with Crippen LogP contribution in [-0.4, -0.2) is 19.6 Å². The van der Waals surface area contributed by atoms with Crippen molar-refractivity contribution in [3.05, 3.63) is 65.0 Å². The van der Waals surface area contributed by atoms with Crippen molar-refractivity contribution in [3.8, 4) is 5.75 Å². The topological polar surface area (TPSA) is 45.6 Å². The molecule has 0 heterocycles. The number of nitrogens with one attached hydrogen (secondary N) is 2. The molecule has 0 saturated carbocycles. The van der Waals surface area contributed by atoms with Crippen LogP contribution in [0.2, 0.25) is 0 Å². The van der Waals surface area contributed by atoms with Crippen LogP contribution in [0.15, 0.2) is 41.4 Å². The van der Waals surface area contributed by atoms with E-state index in [1.165, 1.54) is 12.1 Å². The Morgan fingerprint density at radius 1 is 1.07 bits per heavy atom. The predicted molar refractivity (Wildman–Crippen MR) is 111 cm³/mol. The number of hydrogen-bond acceptors (Lipinski definition) is 2. The highest BCUT2D eigenvalue weighted by molar-refractivity contribution is 14.0. The van der Waals surface area contributed by atoms with Gasteiger partial charge in [-0.1, -0.05) is 12.1 Å². The summed E-state index contributed by atoms with van der Waals surface area (Å²) >= 11 is 0. The van der Waals surface area contributed by atoms with Crippen molar-refractivity contribution in [3.63, 3.8) is 0 Å². The summed E-state index contributed by atoms with van der Waals surface area (Å²) in [5, 5.41) is 6.13. The number of ether oxygens (including phenoxy) is 1. The fourth-order valence-electron chi connectivity index (χ4n) is 2.38. The van der Waals surface area contributed by atoms with Crippen LogP contribution < -0.4 is 15.4 Å². The summed E-state index contributed by atoms with van der Waals surface area (Å²) in [6, 6.07) is 8.16. The van der Waals surface area contributed by atoms with Gasteiger partial charge in [0, 0.05) is 13.6 Å². The van der Waals surface area contributed by atoms with Gasteiger partial charge in [0.05, 0.1) is 12.6 Å². The maximum Gasteiger partial charge on any atom is 0.191 e. The second kappa shape index (κ2) is 11.0. The average molecular weight is 493 g/mol. The monoisotopic (exact) mass is 493 g/mol. The molecule has 0 saturated heterocycles. The Morgan fingerprint density at radius 3 is 2.41 bits per heavy atom. The Labute approximate surface area is 174 Å². The van der Waals surface area contributed by atoms with E-state index < -0.39 is 17.5 Å². The van der Waals surface area contributed by atoms with E-state index >= 15 is 0 Å². The van der Waals surface area contributed by atoms with Gasteiger partial charge in [0.25, 0.3) is 0 Å². The van der Waals surface area contributed by atoms with Crippen LogP contribution in [0.4, 0.5) is 13.2 Å². The summed E-state index contributed by atoms with van der Waals surface area (Å²) in [6.07, 6.45) is 0. The maximum absolute atomic E-state index is 13.9. The quantitative estimate of drug-likeness (QED) is 0.353. The van der Waals surface area contributed by atoms with Crippen LogP contribution in [0.3, 0.4) is 0 Å². The summed E-state index contributed by atoms with van der Waals surface area (Å²) in [5.74, 6) is -1.54. The third-order valence-electron chi connectivity index (χ3n) is 3.78. The van der Waals surface area contributed by atoms with Gasteiger partial charge >= 0.3 is 0 Å². The number of halogens is 4. The van der Waals surface area contributed by atoms with E-state index in [0.29, 0.717) is 24.7 Å². The molecule has 1 unspecified atom stereocenters. The standard InChI is InChI=1S/C19H22F3N3O.HI/c1-4-26-18-8-5-13(9-17(18)22)11-24-19(23-3)25-12(2)14-6-7-15(20)16(21)10-14;/h5-10,12H,4,11H2,1-3H3,(H2,23,24,25);1H. The zero-order valence-corrected chi connectivity index (χ0v) is 17.7. The van der Waals surface area contributed by atoms with Crippen LogP contribution in [0.1, 0.15) is 31.0 Å². The number of aliphatic imine (C=N–C) groups is 1. The molecule has 1 atom stereocenters. The predicted octanol–water partition coefficient (Wildman–Crippen LogP) is 4.55. The van der Waals surface area contributed by atoms with Crippen LogP contribution in [0.25, 0.3) is 0 Å². The van der Waals surface area contributed by atoms with Crippen molar-refractivity contribution in [1.29, 1.82) is 0 Å². The lowest BCUT2D eigenvalue weighted by molar-refractivity contribution is 0.321. The summed E-state index contributed by atoms with van der Waals surface area (Å²) in [7, 11) is 1.59. The number of guanidine groups is 1. The van der Waals surface area contributed by atoms with Gasteiger partial charge in [-0.25, -0.2) is 13.2 Å². The van der Waals surface area contributed by atoms with E-state index in [4.69, 9.17) is 4.74 Å². The fourth-order valence-corrected chi connectivity index (χ4v) is 2.38. The zero-order valence-electron chi connectivity index (χ0n) is 15.4. The average Bonchev–Trinajstić information content (AvgIpc) is 2.62. The second-order valence-corrected chi connectivity index (χ2v) is 5.66. The molecule has 27 heavy (non-hydrogen) atoms. The van der Waals surface area contributed by atoms with E-state index in [2.05, 4.69) is 15.6 Å². The molecule has 0 spiro atoms. The minimum absolute atomic E-state index is 0. The molecule has 2 aromatic carbocycles. The van der Waals surface area contributed by atoms with Crippen LogP contribution in [-0.2, 0) is 6.54 Å². The summed E-state index contributed by atoms with van der Waals surface area (Å²) in [6.45, 7) is 4.33. The normalized spacial score (nSPS) is 12.1. The number of hydrogen-bond donors (Lipinski definition) is 2. The Balaban J connectivity index is 0.00000364. The van der Waals surface area contributed by atoms with E-state index in [0.717, 1.165) is 17.7 Å². The first kappa shape index (κ1) is 23.1. The molecule has 148 valence electrons. The lowest BCUT2D eigenvalue weighted by atomic mass is 10.1. The van der Waals surface area contributed by atoms with E-state index in [9.17, 15) is 13.2 Å². The van der Waals surface area contributed by atoms with E-state index in [-0.39, 0.29) is 35.8 Å². The van der Waals surface area contributed by atoms with Crippen LogP contribution in [0.5, 0.6) is 5.75 Å². The van der Waals surface area contributed by atoms with Gasteiger partial charge in [-0.15, -0.1) is 24.0 Å². The molecule has 0 aliphatic heterocycles. The van der Waals surface area contributed by atoms with Gasteiger partial charge in [0.15, 0.2) is 29.2 Å². The highest BCUT2D eigenvalue weighted by Gasteiger charge is 2.11. The Bertz CT molecular complexity index is 787. The highest BCUT2D eigenvalue weighted by atomic mass is 127. The minimum Gasteiger partial charge on any atom is -0.491 e. The molecule has 0 bridgehead atoms. The van der Waals surface area contributed by atoms with E-state index in [1.807, 2.05) is 0 Å². The molecule has 0 aliphatic carbocycles. The van der Waals surface area contributed by atoms with Crippen molar-refractivity contribution in [2.75, 3.05) is 13.7 Å². The summed E-state index contributed by atoms with van der Waals surface area (Å²) in [5.41, 5.74) is 1.30. The van der Waals surface area contributed by atoms with Gasteiger partial charge < -0.3 is 15.4 Å². The molecule has 2 rings (SSSR count). The SMILES string of the molecule is CCOc1ccc(CNC(=NC)NC(C)c2ccc(F)c(F)c2)cc1F.I. The second-order valence-electron chi connectivity index (χ2n) is 5.66. The lowest BCUT2D eigenvalue weighted by Gasteiger charge is -2.18. The molecule has 0 fully saturated rings. The van der Waals surface area contributed by atoms with Gasteiger partial charge in [-0.3, -0.25) is 4.99 Å². The maximum atomic E-state index is 13.9. The third-order valence-corrected chi connectivity index (χ3v) is 3.78. The Hall–Kier alpha value is -1.97. The third kappa shape index (κ3) is 6.60. The van der Waals surface area contributed by atoms with Crippen molar-refractivity contribution >= 4 is 29.9 Å². The van der Waals surface area contributed by atoms with Gasteiger partial charge in [0.2, 0.25) is 0 Å². The molecule has 2 N–H and O–H groups in total. The van der Waals surface area contributed by atoms with E-state index in [1.54, 1.807) is 33.0 Å². The van der Waals surface area contributed by atoms with Gasteiger partial charge in [0.1, 0.15) is 0 Å². The molecule has 4 nitrogen and oxygen atoms in total. The molecule has 8 heteroatoms. The summed E-state index contributed by atoms with van der Waals surface area (Å²) in [4.78, 5) is 4.09. The molecule has 0 aliphatic rings. The Kier molecular flexibility index (Phi) is 9.40. The van der Waals surface area contributed by atoms with Crippen LogP contribution in [0, 0.1) is 17.5 Å². The largest absolute Gasteiger partial charge is 0.491 e. The summed E-state index contributed by atoms with van der Waals surface area (Å²) < 4.78 is 45.4. The fraction of sp³-hybridized carbons (Fsp3) is 0.316. The molecule has 0 amide bonds. The number of nitrogens with zero attached hydrogens (tertiary/aromatic N) is 1.